The van der Waals surface area contributed by atoms with Crippen molar-refractivity contribution in [1.82, 2.24) is 4.90 Å². The minimum absolute atomic E-state index is 0.289. The minimum atomic E-state index is -0.664. The Bertz CT molecular complexity index is 164. The summed E-state index contributed by atoms with van der Waals surface area (Å²) in [7, 11) is 0. The largest absolute Gasteiger partial charge is 0.370 e. The average molecular weight is 172 g/mol. The maximum atomic E-state index is 10.7. The Morgan fingerprint density at radius 1 is 1.50 bits per heavy atom. The van der Waals surface area contributed by atoms with Crippen LogP contribution in [0.25, 0.3) is 0 Å². The van der Waals surface area contributed by atoms with Gasteiger partial charge in [-0.25, -0.2) is 4.79 Å². The lowest BCUT2D eigenvalue weighted by molar-refractivity contribution is 0.227. The number of urea groups is 1. The minimum Gasteiger partial charge on any atom is -0.370 e. The highest BCUT2D eigenvalue weighted by atomic mass is 16.2. The van der Waals surface area contributed by atoms with Crippen LogP contribution >= 0.6 is 0 Å². The third kappa shape index (κ3) is 3.80. The van der Waals surface area contributed by atoms with Crippen molar-refractivity contribution in [1.29, 1.82) is 5.41 Å². The normalized spacial score (nSPS) is 9.92. The number of rotatable bonds is 3. The van der Waals surface area contributed by atoms with Gasteiger partial charge in [0.05, 0.1) is 0 Å². The highest BCUT2D eigenvalue weighted by Gasteiger charge is 2.12. The molecule has 0 saturated heterocycles. The van der Waals surface area contributed by atoms with E-state index < -0.39 is 6.03 Å². The van der Waals surface area contributed by atoms with E-state index in [4.69, 9.17) is 16.9 Å². The number of carbonyl (C=O) groups excluding carboxylic acids is 1. The molecule has 0 aliphatic rings. The van der Waals surface area contributed by atoms with Gasteiger partial charge in [0.15, 0.2) is 5.96 Å². The Labute approximate surface area is 72.2 Å². The number of nitrogens with zero attached hydrogens (tertiary/aromatic N) is 1. The van der Waals surface area contributed by atoms with Crippen LogP contribution in [0.2, 0.25) is 0 Å². The first-order chi connectivity index (χ1) is 5.45. The molecule has 0 aromatic rings. The molecule has 0 aliphatic carbocycles. The van der Waals surface area contributed by atoms with Crippen molar-refractivity contribution in [2.45, 2.75) is 20.3 Å². The topological polar surface area (TPSA) is 96.2 Å². The van der Waals surface area contributed by atoms with Crippen LogP contribution in [0.3, 0.4) is 0 Å². The summed E-state index contributed by atoms with van der Waals surface area (Å²) < 4.78 is 0. The maximum absolute atomic E-state index is 10.7. The zero-order valence-electron chi connectivity index (χ0n) is 7.50. The smallest absolute Gasteiger partial charge is 0.321 e. The predicted octanol–water partition coefficient (Wildman–Crippen LogP) is 0.307. The molecule has 0 spiro atoms. The number of carbonyl (C=O) groups is 1. The van der Waals surface area contributed by atoms with Crippen molar-refractivity contribution in [3.8, 4) is 0 Å². The molecule has 12 heavy (non-hydrogen) atoms. The summed E-state index contributed by atoms with van der Waals surface area (Å²) in [5.74, 6) is 0.175. The van der Waals surface area contributed by atoms with Gasteiger partial charge in [-0.3, -0.25) is 10.3 Å². The second kappa shape index (κ2) is 4.58. The first-order valence-electron chi connectivity index (χ1n) is 3.86. The van der Waals surface area contributed by atoms with Crippen LogP contribution in [0.1, 0.15) is 20.3 Å². The summed E-state index contributed by atoms with van der Waals surface area (Å²) >= 11 is 0. The summed E-state index contributed by atoms with van der Waals surface area (Å²) in [5, 5.41) is 7.03. The van der Waals surface area contributed by atoms with Crippen LogP contribution in [0.4, 0.5) is 4.79 Å². The molecule has 0 radical (unpaired) electrons. The zero-order chi connectivity index (χ0) is 9.72. The maximum Gasteiger partial charge on any atom is 0.321 e. The fourth-order valence-electron chi connectivity index (χ4n) is 0.737. The number of amides is 2. The third-order valence-corrected chi connectivity index (χ3v) is 1.49. The molecule has 0 aromatic carbocycles. The molecule has 0 atom stereocenters. The summed E-state index contributed by atoms with van der Waals surface area (Å²) in [5.41, 5.74) is 10.1. The highest BCUT2D eigenvalue weighted by Crippen LogP contribution is 2.01. The average Bonchev–Trinajstić information content (AvgIpc) is 1.84. The quantitative estimate of drug-likeness (QED) is 0.422. The van der Waals surface area contributed by atoms with Gasteiger partial charge in [0.2, 0.25) is 0 Å². The van der Waals surface area contributed by atoms with Crippen LogP contribution < -0.4 is 11.5 Å². The van der Waals surface area contributed by atoms with Gasteiger partial charge in [0, 0.05) is 6.54 Å². The SMILES string of the molecule is CC(C)CCN(C(=N)N)C(N)=O. The van der Waals surface area contributed by atoms with Gasteiger partial charge in [-0.15, -0.1) is 0 Å². The molecule has 5 N–H and O–H groups in total. The molecule has 70 valence electrons. The first kappa shape index (κ1) is 10.7. The Balaban J connectivity index is 3.97. The van der Waals surface area contributed by atoms with E-state index in [1.807, 2.05) is 13.8 Å². The number of nitrogens with one attached hydrogen (secondary N) is 1. The van der Waals surface area contributed by atoms with E-state index in [2.05, 4.69) is 0 Å². The van der Waals surface area contributed by atoms with Gasteiger partial charge in [-0.05, 0) is 12.3 Å². The van der Waals surface area contributed by atoms with Crippen LogP contribution in [0, 0.1) is 11.3 Å². The summed E-state index contributed by atoms with van der Waals surface area (Å²) in [6.45, 7) is 4.47. The molecule has 0 saturated carbocycles. The molecule has 0 aromatic heterocycles. The van der Waals surface area contributed by atoms with E-state index >= 15 is 0 Å². The van der Waals surface area contributed by atoms with Crippen LogP contribution in [-0.4, -0.2) is 23.4 Å². The molecule has 5 heteroatoms. The molecular formula is C7H16N4O. The molecule has 0 unspecified atom stereocenters. The summed E-state index contributed by atoms with van der Waals surface area (Å²) in [6.07, 6.45) is 0.794. The molecule has 0 aliphatic heterocycles. The van der Waals surface area contributed by atoms with Gasteiger partial charge in [-0.2, -0.15) is 0 Å². The number of hydrogen-bond donors (Lipinski definition) is 3. The van der Waals surface area contributed by atoms with E-state index in [1.165, 1.54) is 0 Å². The Morgan fingerprint density at radius 3 is 2.25 bits per heavy atom. The molecule has 0 fully saturated rings. The second-order valence-corrected chi connectivity index (χ2v) is 3.06. The predicted molar refractivity (Wildman–Crippen MR) is 47.7 cm³/mol. The number of guanidine groups is 1. The number of hydrogen-bond acceptors (Lipinski definition) is 2. The van der Waals surface area contributed by atoms with Crippen molar-refractivity contribution in [2.75, 3.05) is 6.54 Å². The van der Waals surface area contributed by atoms with Crippen LogP contribution in [-0.2, 0) is 0 Å². The fraction of sp³-hybridized carbons (Fsp3) is 0.714. The third-order valence-electron chi connectivity index (χ3n) is 1.49. The molecule has 0 rings (SSSR count). The second-order valence-electron chi connectivity index (χ2n) is 3.06. The molecule has 0 bridgehead atoms. The summed E-state index contributed by atoms with van der Waals surface area (Å²) in [4.78, 5) is 11.7. The van der Waals surface area contributed by atoms with Crippen molar-refractivity contribution in [2.24, 2.45) is 17.4 Å². The number of primary amides is 1. The van der Waals surface area contributed by atoms with E-state index in [0.29, 0.717) is 12.5 Å². The van der Waals surface area contributed by atoms with Crippen molar-refractivity contribution >= 4 is 12.0 Å². The lowest BCUT2D eigenvalue weighted by atomic mass is 10.1. The van der Waals surface area contributed by atoms with E-state index in [1.54, 1.807) is 0 Å². The zero-order valence-corrected chi connectivity index (χ0v) is 7.50. The van der Waals surface area contributed by atoms with Gasteiger partial charge in [-0.1, -0.05) is 13.8 Å². The lowest BCUT2D eigenvalue weighted by Gasteiger charge is -2.18. The van der Waals surface area contributed by atoms with Gasteiger partial charge >= 0.3 is 6.03 Å². The Morgan fingerprint density at radius 2 is 2.00 bits per heavy atom. The van der Waals surface area contributed by atoms with Crippen molar-refractivity contribution in [3.63, 3.8) is 0 Å². The highest BCUT2D eigenvalue weighted by molar-refractivity contribution is 5.92. The Hall–Kier alpha value is -1.26. The standard InChI is InChI=1S/C7H16N4O/c1-5(2)3-4-11(6(8)9)7(10)12/h5H,3-4H2,1-2H3,(H3,8,9)(H2,10,12). The van der Waals surface area contributed by atoms with Crippen molar-refractivity contribution in [3.05, 3.63) is 0 Å². The molecule has 5 nitrogen and oxygen atoms in total. The molecule has 0 heterocycles. The first-order valence-corrected chi connectivity index (χ1v) is 3.86. The van der Waals surface area contributed by atoms with Gasteiger partial charge < -0.3 is 11.5 Å². The summed E-state index contributed by atoms with van der Waals surface area (Å²) in [6, 6.07) is -0.664. The van der Waals surface area contributed by atoms with Crippen LogP contribution in [0.5, 0.6) is 0 Å². The molecular weight excluding hydrogens is 156 g/mol. The lowest BCUT2D eigenvalue weighted by Crippen LogP contribution is -2.45. The van der Waals surface area contributed by atoms with E-state index in [9.17, 15) is 4.79 Å². The van der Waals surface area contributed by atoms with Crippen LogP contribution in [0.15, 0.2) is 0 Å². The van der Waals surface area contributed by atoms with Gasteiger partial charge in [0.1, 0.15) is 0 Å². The monoisotopic (exact) mass is 172 g/mol. The van der Waals surface area contributed by atoms with Gasteiger partial charge in [0.25, 0.3) is 0 Å². The molecule has 2 amide bonds. The Kier molecular flexibility index (Phi) is 4.10. The fourth-order valence-corrected chi connectivity index (χ4v) is 0.737. The van der Waals surface area contributed by atoms with E-state index in [0.717, 1.165) is 11.3 Å². The number of nitrogens with two attached hydrogens (primary N) is 2. The van der Waals surface area contributed by atoms with E-state index in [-0.39, 0.29) is 5.96 Å². The van der Waals surface area contributed by atoms with Crippen molar-refractivity contribution < 1.29 is 4.79 Å².